The van der Waals surface area contributed by atoms with Crippen LogP contribution in [0, 0.1) is 0 Å². The van der Waals surface area contributed by atoms with E-state index in [4.69, 9.17) is 0 Å². The molecule has 1 heterocycles. The van der Waals surface area contributed by atoms with Crippen LogP contribution in [0.15, 0.2) is 4.99 Å². The number of halogens is 1. The second-order valence-corrected chi connectivity index (χ2v) is 6.72. The van der Waals surface area contributed by atoms with Gasteiger partial charge in [-0.05, 0) is 6.42 Å². The Kier molecular flexibility index (Phi) is 9.71. The van der Waals surface area contributed by atoms with Crippen molar-refractivity contribution in [3.63, 3.8) is 0 Å². The van der Waals surface area contributed by atoms with Crippen molar-refractivity contribution in [1.29, 1.82) is 0 Å². The fourth-order valence-electron chi connectivity index (χ4n) is 1.77. The summed E-state index contributed by atoms with van der Waals surface area (Å²) >= 11 is 0. The largest absolute Gasteiger partial charge is 0.356 e. The van der Waals surface area contributed by atoms with Crippen LogP contribution in [0.5, 0.6) is 0 Å². The highest BCUT2D eigenvalue weighted by molar-refractivity contribution is 14.0. The molecular formula is C11H25IN4O2S. The van der Waals surface area contributed by atoms with Crippen LogP contribution >= 0.6 is 24.0 Å². The van der Waals surface area contributed by atoms with Gasteiger partial charge in [-0.25, -0.2) is 8.42 Å². The maximum atomic E-state index is 11.3. The number of nitrogens with zero attached hydrogens (tertiary/aromatic N) is 2. The first-order valence-corrected chi connectivity index (χ1v) is 8.27. The molecule has 0 aromatic heterocycles. The van der Waals surface area contributed by atoms with Crippen LogP contribution in [0.3, 0.4) is 0 Å². The predicted molar refractivity (Wildman–Crippen MR) is 90.2 cm³/mol. The number of guanidine groups is 1. The summed E-state index contributed by atoms with van der Waals surface area (Å²) in [6, 6.07) is 0. The van der Waals surface area contributed by atoms with Crippen molar-refractivity contribution in [2.45, 2.75) is 13.3 Å². The lowest BCUT2D eigenvalue weighted by Crippen LogP contribution is -2.46. The van der Waals surface area contributed by atoms with Crippen molar-refractivity contribution in [2.75, 3.05) is 51.3 Å². The van der Waals surface area contributed by atoms with Crippen molar-refractivity contribution < 1.29 is 8.42 Å². The minimum absolute atomic E-state index is 0. The van der Waals surface area contributed by atoms with Crippen LogP contribution in [0.25, 0.3) is 0 Å². The fraction of sp³-hybridized carbons (Fsp3) is 0.909. The molecule has 0 atom stereocenters. The zero-order chi connectivity index (χ0) is 13.4. The molecule has 0 aromatic carbocycles. The number of aliphatic imine (C=N–C) groups is 1. The van der Waals surface area contributed by atoms with Crippen molar-refractivity contribution in [3.8, 4) is 0 Å². The van der Waals surface area contributed by atoms with Crippen molar-refractivity contribution in [2.24, 2.45) is 4.99 Å². The van der Waals surface area contributed by atoms with Gasteiger partial charge in [0.2, 0.25) is 0 Å². The molecule has 1 rings (SSSR count). The molecule has 0 amide bonds. The van der Waals surface area contributed by atoms with E-state index in [-0.39, 0.29) is 35.5 Å². The van der Waals surface area contributed by atoms with Crippen molar-refractivity contribution in [1.82, 2.24) is 15.5 Å². The van der Waals surface area contributed by atoms with Gasteiger partial charge in [0.25, 0.3) is 0 Å². The average molecular weight is 404 g/mol. The molecule has 0 saturated carbocycles. The Hall–Kier alpha value is -0.0900. The van der Waals surface area contributed by atoms with Crippen molar-refractivity contribution in [3.05, 3.63) is 0 Å². The van der Waals surface area contributed by atoms with Gasteiger partial charge in [0.05, 0.1) is 11.5 Å². The second kappa shape index (κ2) is 9.76. The second-order valence-electron chi connectivity index (χ2n) is 4.42. The average Bonchev–Trinajstić information content (AvgIpc) is 2.35. The lowest BCUT2D eigenvalue weighted by molar-refractivity contribution is 0.299. The quantitative estimate of drug-likeness (QED) is 0.381. The van der Waals surface area contributed by atoms with Gasteiger partial charge in [-0.15, -0.1) is 24.0 Å². The topological polar surface area (TPSA) is 73.8 Å². The molecule has 19 heavy (non-hydrogen) atoms. The normalized spacial score (nSPS) is 19.6. The summed E-state index contributed by atoms with van der Waals surface area (Å²) in [5.74, 6) is 1.38. The molecular weight excluding hydrogens is 379 g/mol. The van der Waals surface area contributed by atoms with E-state index in [1.165, 1.54) is 0 Å². The summed E-state index contributed by atoms with van der Waals surface area (Å²) in [5.41, 5.74) is 0. The highest BCUT2D eigenvalue weighted by atomic mass is 127. The Morgan fingerprint density at radius 1 is 1.21 bits per heavy atom. The molecule has 0 spiro atoms. The highest BCUT2D eigenvalue weighted by Crippen LogP contribution is 2.02. The fourth-order valence-corrected chi connectivity index (χ4v) is 3.05. The Balaban J connectivity index is 0.00000324. The molecule has 0 aliphatic carbocycles. The smallest absolute Gasteiger partial charge is 0.191 e. The van der Waals surface area contributed by atoms with Crippen LogP contribution in [0.2, 0.25) is 0 Å². The summed E-state index contributed by atoms with van der Waals surface area (Å²) in [5, 5.41) is 6.41. The minimum Gasteiger partial charge on any atom is -0.356 e. The standard InChI is InChI=1S/C11H24N4O2S.HI/c1-3-4-13-11(12-2)14-5-6-15-7-9-18(16,17)10-8-15;/h3-10H2,1-2H3,(H2,12,13,14);1H. The summed E-state index contributed by atoms with van der Waals surface area (Å²) in [7, 11) is -1.02. The number of sulfone groups is 1. The van der Waals surface area contributed by atoms with Crippen LogP contribution in [0.1, 0.15) is 13.3 Å². The van der Waals surface area contributed by atoms with Crippen molar-refractivity contribution >= 4 is 39.8 Å². The summed E-state index contributed by atoms with van der Waals surface area (Å²) in [4.78, 5) is 6.28. The molecule has 2 N–H and O–H groups in total. The number of hydrogen-bond donors (Lipinski definition) is 2. The number of rotatable bonds is 5. The third kappa shape index (κ3) is 7.93. The van der Waals surface area contributed by atoms with E-state index < -0.39 is 9.84 Å². The van der Waals surface area contributed by atoms with Gasteiger partial charge in [-0.3, -0.25) is 9.89 Å². The van der Waals surface area contributed by atoms with Crippen LogP contribution in [-0.2, 0) is 9.84 Å². The first-order valence-electron chi connectivity index (χ1n) is 6.44. The third-order valence-electron chi connectivity index (χ3n) is 2.92. The summed E-state index contributed by atoms with van der Waals surface area (Å²) < 4.78 is 22.5. The third-order valence-corrected chi connectivity index (χ3v) is 4.53. The molecule has 1 aliphatic heterocycles. The zero-order valence-electron chi connectivity index (χ0n) is 11.7. The van der Waals surface area contributed by atoms with E-state index in [9.17, 15) is 8.42 Å². The first kappa shape index (κ1) is 18.9. The molecule has 0 bridgehead atoms. The molecule has 8 heteroatoms. The molecule has 6 nitrogen and oxygen atoms in total. The lowest BCUT2D eigenvalue weighted by Gasteiger charge is -2.26. The maximum absolute atomic E-state index is 11.3. The van der Waals surface area contributed by atoms with E-state index in [0.717, 1.165) is 32.0 Å². The first-order chi connectivity index (χ1) is 8.57. The monoisotopic (exact) mass is 404 g/mol. The van der Waals surface area contributed by atoms with Gasteiger partial charge in [0, 0.05) is 39.8 Å². The molecule has 1 aliphatic rings. The number of nitrogens with one attached hydrogen (secondary N) is 2. The van der Waals surface area contributed by atoms with E-state index in [1.54, 1.807) is 7.05 Å². The molecule has 1 fully saturated rings. The Labute approximate surface area is 133 Å². The lowest BCUT2D eigenvalue weighted by atomic mass is 10.4. The van der Waals surface area contributed by atoms with Gasteiger partial charge in [0.1, 0.15) is 0 Å². The molecule has 0 radical (unpaired) electrons. The van der Waals surface area contributed by atoms with E-state index in [2.05, 4.69) is 27.4 Å². The van der Waals surface area contributed by atoms with Gasteiger partial charge in [-0.1, -0.05) is 6.92 Å². The minimum atomic E-state index is -2.77. The Morgan fingerprint density at radius 2 is 1.79 bits per heavy atom. The van der Waals surface area contributed by atoms with Crippen LogP contribution < -0.4 is 10.6 Å². The molecule has 114 valence electrons. The molecule has 1 saturated heterocycles. The SMILES string of the molecule is CCCNC(=NC)NCCN1CCS(=O)(=O)CC1.I. The number of hydrogen-bond acceptors (Lipinski definition) is 4. The van der Waals surface area contributed by atoms with E-state index in [1.807, 2.05) is 0 Å². The maximum Gasteiger partial charge on any atom is 0.191 e. The highest BCUT2D eigenvalue weighted by Gasteiger charge is 2.20. The summed E-state index contributed by atoms with van der Waals surface area (Å²) in [6.45, 7) is 5.93. The zero-order valence-corrected chi connectivity index (χ0v) is 14.8. The van der Waals surface area contributed by atoms with Gasteiger partial charge >= 0.3 is 0 Å². The Morgan fingerprint density at radius 3 is 2.32 bits per heavy atom. The predicted octanol–water partition coefficient (Wildman–Crippen LogP) is -0.0902. The van der Waals surface area contributed by atoms with Gasteiger partial charge in [-0.2, -0.15) is 0 Å². The molecule has 0 unspecified atom stereocenters. The Bertz CT molecular complexity index is 359. The van der Waals surface area contributed by atoms with E-state index >= 15 is 0 Å². The van der Waals surface area contributed by atoms with Gasteiger partial charge in [0.15, 0.2) is 15.8 Å². The van der Waals surface area contributed by atoms with E-state index in [0.29, 0.717) is 13.1 Å². The van der Waals surface area contributed by atoms with Crippen LogP contribution in [-0.4, -0.2) is 70.6 Å². The molecule has 0 aromatic rings. The van der Waals surface area contributed by atoms with Crippen LogP contribution in [0.4, 0.5) is 0 Å². The summed E-state index contributed by atoms with van der Waals surface area (Å²) in [6.07, 6.45) is 1.06. The van der Waals surface area contributed by atoms with Gasteiger partial charge < -0.3 is 10.6 Å².